The number of aromatic nitrogens is 1. The monoisotopic (exact) mass is 410 g/mol. The van der Waals surface area contributed by atoms with E-state index in [2.05, 4.69) is 18.3 Å². The zero-order valence-electron chi connectivity index (χ0n) is 16.4. The van der Waals surface area contributed by atoms with E-state index in [9.17, 15) is 4.79 Å². The van der Waals surface area contributed by atoms with Gasteiger partial charge in [0, 0.05) is 17.1 Å². The van der Waals surface area contributed by atoms with E-state index in [0.29, 0.717) is 19.0 Å². The average molecular weight is 410 g/mol. The van der Waals surface area contributed by atoms with Crippen molar-refractivity contribution in [2.24, 2.45) is 0 Å². The summed E-state index contributed by atoms with van der Waals surface area (Å²) in [5.74, 6) is 2.43. The number of hydrogen-bond acceptors (Lipinski definition) is 6. The molecule has 29 heavy (non-hydrogen) atoms. The molecule has 0 atom stereocenters. The predicted octanol–water partition coefficient (Wildman–Crippen LogP) is 4.31. The quantitative estimate of drug-likeness (QED) is 0.611. The standard InChI is InChI=1S/C22H22N2O4S/c1-3-14-10-15-11-19-20(28-9-8-27-19)12-18(15)24-22(14)29-13-21(25)23-16-4-6-17(26-2)7-5-16/h4-7,10-12H,3,8-9,13H2,1-2H3,(H,23,25). The molecule has 0 saturated carbocycles. The number of benzene rings is 2. The van der Waals surface area contributed by atoms with Crippen LogP contribution in [-0.2, 0) is 11.2 Å². The summed E-state index contributed by atoms with van der Waals surface area (Å²) in [6.45, 7) is 3.19. The van der Waals surface area contributed by atoms with Crippen molar-refractivity contribution in [1.29, 1.82) is 0 Å². The second kappa shape index (κ2) is 8.61. The average Bonchev–Trinajstić information content (AvgIpc) is 2.76. The lowest BCUT2D eigenvalue weighted by Crippen LogP contribution is -2.15. The highest BCUT2D eigenvalue weighted by atomic mass is 32.2. The second-order valence-corrected chi connectivity index (χ2v) is 7.52. The number of nitrogens with one attached hydrogen (secondary N) is 1. The third kappa shape index (κ3) is 4.40. The first kappa shape index (κ1) is 19.4. The molecular weight excluding hydrogens is 388 g/mol. The summed E-state index contributed by atoms with van der Waals surface area (Å²) in [5.41, 5.74) is 2.68. The van der Waals surface area contributed by atoms with Crippen LogP contribution in [0, 0.1) is 0 Å². The maximum absolute atomic E-state index is 12.4. The van der Waals surface area contributed by atoms with Crippen molar-refractivity contribution in [3.05, 3.63) is 48.0 Å². The Morgan fingerprint density at radius 2 is 1.86 bits per heavy atom. The zero-order valence-corrected chi connectivity index (χ0v) is 17.2. The van der Waals surface area contributed by atoms with Gasteiger partial charge in [0.05, 0.1) is 18.4 Å². The number of nitrogens with zero attached hydrogens (tertiary/aromatic N) is 1. The van der Waals surface area contributed by atoms with Crippen molar-refractivity contribution < 1.29 is 19.0 Å². The molecule has 1 N–H and O–H groups in total. The number of aryl methyl sites for hydroxylation is 1. The third-order valence-electron chi connectivity index (χ3n) is 4.61. The van der Waals surface area contributed by atoms with E-state index in [-0.39, 0.29) is 11.7 Å². The van der Waals surface area contributed by atoms with Crippen LogP contribution in [0.5, 0.6) is 17.2 Å². The fourth-order valence-corrected chi connectivity index (χ4v) is 4.01. The molecule has 1 aliphatic rings. The molecule has 0 spiro atoms. The molecule has 0 saturated heterocycles. The number of anilines is 1. The molecule has 2 aromatic carbocycles. The molecule has 0 unspecified atom stereocenters. The molecule has 0 fully saturated rings. The highest BCUT2D eigenvalue weighted by molar-refractivity contribution is 8.00. The van der Waals surface area contributed by atoms with E-state index >= 15 is 0 Å². The predicted molar refractivity (Wildman–Crippen MR) is 114 cm³/mol. The van der Waals surface area contributed by atoms with Crippen molar-refractivity contribution in [1.82, 2.24) is 4.98 Å². The first-order valence-corrected chi connectivity index (χ1v) is 10.4. The number of pyridine rings is 1. The van der Waals surface area contributed by atoms with Crippen molar-refractivity contribution >= 4 is 34.3 Å². The highest BCUT2D eigenvalue weighted by Gasteiger charge is 2.16. The molecule has 6 nitrogen and oxygen atoms in total. The Kier molecular flexibility index (Phi) is 5.76. The fourth-order valence-electron chi connectivity index (χ4n) is 3.12. The molecule has 150 valence electrons. The molecule has 0 aliphatic carbocycles. The van der Waals surface area contributed by atoms with E-state index in [1.165, 1.54) is 11.8 Å². The molecule has 0 radical (unpaired) electrons. The van der Waals surface area contributed by atoms with Crippen LogP contribution in [0.4, 0.5) is 5.69 Å². The molecule has 1 aliphatic heterocycles. The van der Waals surface area contributed by atoms with Crippen LogP contribution in [0.3, 0.4) is 0 Å². The Balaban J connectivity index is 1.49. The number of hydrogen-bond donors (Lipinski definition) is 1. The van der Waals surface area contributed by atoms with Gasteiger partial charge < -0.3 is 19.5 Å². The van der Waals surface area contributed by atoms with Gasteiger partial charge >= 0.3 is 0 Å². The number of methoxy groups -OCH3 is 1. The van der Waals surface area contributed by atoms with Gasteiger partial charge in [0.15, 0.2) is 11.5 Å². The van der Waals surface area contributed by atoms with E-state index < -0.39 is 0 Å². The summed E-state index contributed by atoms with van der Waals surface area (Å²) in [7, 11) is 1.61. The second-order valence-electron chi connectivity index (χ2n) is 6.56. The van der Waals surface area contributed by atoms with E-state index in [1.807, 2.05) is 36.4 Å². The number of ether oxygens (including phenoxy) is 3. The molecule has 7 heteroatoms. The highest BCUT2D eigenvalue weighted by Crippen LogP contribution is 2.36. The Bertz CT molecular complexity index is 1040. The summed E-state index contributed by atoms with van der Waals surface area (Å²) in [4.78, 5) is 17.2. The van der Waals surface area contributed by atoms with Crippen molar-refractivity contribution in [3.63, 3.8) is 0 Å². The number of rotatable bonds is 6. The van der Waals surface area contributed by atoms with Gasteiger partial charge in [0.1, 0.15) is 24.0 Å². The Morgan fingerprint density at radius 3 is 2.55 bits per heavy atom. The zero-order chi connectivity index (χ0) is 20.2. The van der Waals surface area contributed by atoms with Crippen LogP contribution in [-0.4, -0.2) is 37.0 Å². The normalized spacial score (nSPS) is 12.6. The van der Waals surface area contributed by atoms with Gasteiger partial charge in [-0.15, -0.1) is 0 Å². The number of carbonyl (C=O) groups excluding carboxylic acids is 1. The SMILES string of the molecule is CCc1cc2cc3c(cc2nc1SCC(=O)Nc1ccc(OC)cc1)OCCO3. The molecule has 3 aromatic rings. The van der Waals surface area contributed by atoms with Crippen molar-refractivity contribution in [2.45, 2.75) is 18.4 Å². The Labute approximate surface area is 173 Å². The summed E-state index contributed by atoms with van der Waals surface area (Å²) in [5, 5.41) is 4.77. The van der Waals surface area contributed by atoms with Crippen LogP contribution in [0.1, 0.15) is 12.5 Å². The van der Waals surface area contributed by atoms with Crippen LogP contribution >= 0.6 is 11.8 Å². The minimum absolute atomic E-state index is 0.0775. The van der Waals surface area contributed by atoms with Gasteiger partial charge in [-0.3, -0.25) is 4.79 Å². The molecule has 0 bridgehead atoms. The molecule has 4 rings (SSSR count). The molecule has 1 aromatic heterocycles. The first-order valence-electron chi connectivity index (χ1n) is 9.46. The van der Waals surface area contributed by atoms with Gasteiger partial charge in [-0.1, -0.05) is 18.7 Å². The Hall–Kier alpha value is -2.93. The molecule has 2 heterocycles. The third-order valence-corrected chi connectivity index (χ3v) is 5.65. The number of fused-ring (bicyclic) bond motifs is 2. The van der Waals surface area contributed by atoms with Gasteiger partial charge in [-0.05, 0) is 48.4 Å². The first-order chi connectivity index (χ1) is 14.2. The minimum atomic E-state index is -0.0775. The van der Waals surface area contributed by atoms with E-state index in [4.69, 9.17) is 19.2 Å². The largest absolute Gasteiger partial charge is 0.497 e. The maximum Gasteiger partial charge on any atom is 0.234 e. The van der Waals surface area contributed by atoms with Crippen LogP contribution in [0.25, 0.3) is 10.9 Å². The maximum atomic E-state index is 12.4. The summed E-state index contributed by atoms with van der Waals surface area (Å²) < 4.78 is 16.5. The van der Waals surface area contributed by atoms with Crippen LogP contribution in [0.2, 0.25) is 0 Å². The summed E-state index contributed by atoms with van der Waals surface area (Å²) in [6, 6.07) is 13.3. The van der Waals surface area contributed by atoms with Crippen molar-refractivity contribution in [3.8, 4) is 17.2 Å². The number of amides is 1. The lowest BCUT2D eigenvalue weighted by Gasteiger charge is -2.19. The van der Waals surface area contributed by atoms with Gasteiger partial charge in [0.2, 0.25) is 5.91 Å². The minimum Gasteiger partial charge on any atom is -0.497 e. The lowest BCUT2D eigenvalue weighted by atomic mass is 10.1. The summed E-state index contributed by atoms with van der Waals surface area (Å²) in [6.07, 6.45) is 0.833. The number of thioether (sulfide) groups is 1. The fraction of sp³-hybridized carbons (Fsp3) is 0.273. The smallest absolute Gasteiger partial charge is 0.234 e. The van der Waals surface area contributed by atoms with Gasteiger partial charge in [-0.2, -0.15) is 0 Å². The lowest BCUT2D eigenvalue weighted by molar-refractivity contribution is -0.113. The van der Waals surface area contributed by atoms with Crippen LogP contribution < -0.4 is 19.5 Å². The van der Waals surface area contributed by atoms with Gasteiger partial charge in [-0.25, -0.2) is 4.98 Å². The Morgan fingerprint density at radius 1 is 1.14 bits per heavy atom. The van der Waals surface area contributed by atoms with Crippen LogP contribution in [0.15, 0.2) is 47.5 Å². The molecule has 1 amide bonds. The van der Waals surface area contributed by atoms with Crippen molar-refractivity contribution in [2.75, 3.05) is 31.4 Å². The summed E-state index contributed by atoms with van der Waals surface area (Å²) >= 11 is 1.44. The number of carbonyl (C=O) groups is 1. The van der Waals surface area contributed by atoms with Gasteiger partial charge in [0.25, 0.3) is 0 Å². The molecular formula is C22H22N2O4S. The topological polar surface area (TPSA) is 69.7 Å². The van der Waals surface area contributed by atoms with E-state index in [0.717, 1.165) is 45.1 Å². The van der Waals surface area contributed by atoms with E-state index in [1.54, 1.807) is 7.11 Å².